The number of carbonyl (C=O) groups is 1. The third-order valence-corrected chi connectivity index (χ3v) is 2.76. The first-order valence-electron chi connectivity index (χ1n) is 6.02. The lowest BCUT2D eigenvalue weighted by molar-refractivity contribution is 0.0918. The van der Waals surface area contributed by atoms with Crippen LogP contribution in [0.25, 0.3) is 0 Å². The zero-order valence-corrected chi connectivity index (χ0v) is 10.9. The molecule has 0 aromatic heterocycles. The third kappa shape index (κ3) is 3.21. The number of Topliss-reactive ketones (excluding diaryl/α,β-unsaturated/α-hetero) is 1. The molecule has 100 valence electrons. The summed E-state index contributed by atoms with van der Waals surface area (Å²) in [5.74, 6) is -0.913. The number of benzene rings is 2. The first kappa shape index (κ1) is 13.8. The second-order valence-electron chi connectivity index (χ2n) is 4.34. The minimum absolute atomic E-state index is 0.0370. The van der Waals surface area contributed by atoms with Crippen molar-refractivity contribution >= 4 is 5.78 Å². The summed E-state index contributed by atoms with van der Waals surface area (Å²) in [6, 6.07) is 12.8. The van der Waals surface area contributed by atoms with E-state index in [0.717, 1.165) is 11.6 Å². The molecular formula is C16H12FNO2. The first-order chi connectivity index (χ1) is 9.60. The average Bonchev–Trinajstić information content (AvgIpc) is 2.45. The van der Waals surface area contributed by atoms with Crippen molar-refractivity contribution in [2.75, 3.05) is 6.61 Å². The van der Waals surface area contributed by atoms with Crippen molar-refractivity contribution in [2.45, 2.75) is 6.92 Å². The van der Waals surface area contributed by atoms with Crippen LogP contribution in [0.2, 0.25) is 0 Å². The van der Waals surface area contributed by atoms with Crippen molar-refractivity contribution in [1.29, 1.82) is 5.26 Å². The Morgan fingerprint density at radius 1 is 1.30 bits per heavy atom. The molecule has 0 atom stereocenters. The average molecular weight is 269 g/mol. The maximum absolute atomic E-state index is 13.6. The lowest BCUT2D eigenvalue weighted by Gasteiger charge is -2.07. The molecule has 0 radical (unpaired) electrons. The van der Waals surface area contributed by atoms with Gasteiger partial charge in [0.25, 0.3) is 0 Å². The molecule has 0 aliphatic heterocycles. The Balaban J connectivity index is 2.06. The summed E-state index contributed by atoms with van der Waals surface area (Å²) in [5.41, 5.74) is 1.71. The molecule has 2 rings (SSSR count). The maximum Gasteiger partial charge on any atom is 0.200 e. The van der Waals surface area contributed by atoms with Gasteiger partial charge in [0.2, 0.25) is 0 Å². The summed E-state index contributed by atoms with van der Waals surface area (Å²) >= 11 is 0. The number of nitriles is 1. The quantitative estimate of drug-likeness (QED) is 0.800. The number of carbonyl (C=O) groups excluding carboxylic acids is 1. The van der Waals surface area contributed by atoms with Crippen LogP contribution in [0, 0.1) is 24.1 Å². The summed E-state index contributed by atoms with van der Waals surface area (Å²) in [7, 11) is 0. The summed E-state index contributed by atoms with van der Waals surface area (Å²) in [4.78, 5) is 11.9. The molecule has 0 unspecified atom stereocenters. The summed E-state index contributed by atoms with van der Waals surface area (Å²) < 4.78 is 18.7. The third-order valence-electron chi connectivity index (χ3n) is 2.76. The van der Waals surface area contributed by atoms with Crippen LogP contribution < -0.4 is 4.74 Å². The van der Waals surface area contributed by atoms with Gasteiger partial charge in [-0.25, -0.2) is 4.39 Å². The Bertz CT molecular complexity index is 689. The lowest BCUT2D eigenvalue weighted by atomic mass is 10.1. The summed E-state index contributed by atoms with van der Waals surface area (Å²) in [5, 5.41) is 8.63. The fourth-order valence-corrected chi connectivity index (χ4v) is 1.73. The Morgan fingerprint density at radius 3 is 2.75 bits per heavy atom. The van der Waals surface area contributed by atoms with Crippen LogP contribution in [0.5, 0.6) is 5.75 Å². The van der Waals surface area contributed by atoms with E-state index >= 15 is 0 Å². The fourth-order valence-electron chi connectivity index (χ4n) is 1.73. The zero-order chi connectivity index (χ0) is 14.5. The molecule has 0 bridgehead atoms. The topological polar surface area (TPSA) is 50.1 Å². The number of nitrogens with zero attached hydrogens (tertiary/aromatic N) is 1. The van der Waals surface area contributed by atoms with Crippen LogP contribution in [0.15, 0.2) is 42.5 Å². The maximum atomic E-state index is 13.6. The Morgan fingerprint density at radius 2 is 2.10 bits per heavy atom. The Kier molecular flexibility index (Phi) is 4.11. The SMILES string of the molecule is Cc1cccc(C(=O)COc2ccc(C#N)cc2F)c1. The molecule has 2 aromatic rings. The van der Waals surface area contributed by atoms with Gasteiger partial charge in [-0.05, 0) is 31.2 Å². The van der Waals surface area contributed by atoms with Gasteiger partial charge >= 0.3 is 0 Å². The normalized spacial score (nSPS) is 9.85. The van der Waals surface area contributed by atoms with Gasteiger partial charge in [0.1, 0.15) is 0 Å². The number of aryl methyl sites for hydroxylation is 1. The van der Waals surface area contributed by atoms with Gasteiger partial charge in [-0.1, -0.05) is 23.8 Å². The smallest absolute Gasteiger partial charge is 0.200 e. The highest BCUT2D eigenvalue weighted by Gasteiger charge is 2.10. The van der Waals surface area contributed by atoms with Gasteiger partial charge in [0.05, 0.1) is 11.6 Å². The predicted molar refractivity (Wildman–Crippen MR) is 72.1 cm³/mol. The van der Waals surface area contributed by atoms with E-state index < -0.39 is 5.82 Å². The largest absolute Gasteiger partial charge is 0.482 e. The van der Waals surface area contributed by atoms with Crippen molar-refractivity contribution in [3.63, 3.8) is 0 Å². The highest BCUT2D eigenvalue weighted by atomic mass is 19.1. The predicted octanol–water partition coefficient (Wildman–Crippen LogP) is 3.27. The molecule has 0 fully saturated rings. The van der Waals surface area contributed by atoms with E-state index in [4.69, 9.17) is 10.00 Å². The molecule has 0 aliphatic rings. The van der Waals surface area contributed by atoms with E-state index in [0.29, 0.717) is 5.56 Å². The van der Waals surface area contributed by atoms with Gasteiger partial charge in [0, 0.05) is 5.56 Å². The summed E-state index contributed by atoms with van der Waals surface area (Å²) in [6.07, 6.45) is 0. The van der Waals surface area contributed by atoms with Gasteiger partial charge in [-0.3, -0.25) is 4.79 Å². The van der Waals surface area contributed by atoms with Crippen LogP contribution >= 0.6 is 0 Å². The Labute approximate surface area is 116 Å². The zero-order valence-electron chi connectivity index (χ0n) is 10.9. The van der Waals surface area contributed by atoms with Crippen molar-refractivity contribution in [3.8, 4) is 11.8 Å². The molecule has 2 aromatic carbocycles. The highest BCUT2D eigenvalue weighted by Crippen LogP contribution is 2.18. The van der Waals surface area contributed by atoms with Gasteiger partial charge in [0.15, 0.2) is 24.0 Å². The van der Waals surface area contributed by atoms with E-state index in [9.17, 15) is 9.18 Å². The first-order valence-corrected chi connectivity index (χ1v) is 6.02. The number of halogens is 1. The molecule has 0 spiro atoms. The van der Waals surface area contributed by atoms with E-state index in [1.807, 2.05) is 19.1 Å². The minimum Gasteiger partial charge on any atom is -0.482 e. The van der Waals surface area contributed by atoms with Gasteiger partial charge in [-0.2, -0.15) is 5.26 Å². The standard InChI is InChI=1S/C16H12FNO2/c1-11-3-2-4-13(7-11)15(19)10-20-16-6-5-12(9-18)8-14(16)17/h2-8H,10H2,1H3. The van der Waals surface area contributed by atoms with Crippen molar-refractivity contribution in [2.24, 2.45) is 0 Å². The van der Waals surface area contributed by atoms with Crippen LogP contribution in [0.4, 0.5) is 4.39 Å². The fraction of sp³-hybridized carbons (Fsp3) is 0.125. The monoisotopic (exact) mass is 269 g/mol. The highest BCUT2D eigenvalue weighted by molar-refractivity contribution is 5.97. The second kappa shape index (κ2) is 5.98. The van der Waals surface area contributed by atoms with Crippen LogP contribution in [0.3, 0.4) is 0 Å². The van der Waals surface area contributed by atoms with Gasteiger partial charge < -0.3 is 4.74 Å². The number of ether oxygens (including phenoxy) is 1. The summed E-state index contributed by atoms with van der Waals surface area (Å²) in [6.45, 7) is 1.64. The molecular weight excluding hydrogens is 257 g/mol. The van der Waals surface area contributed by atoms with Crippen LogP contribution in [-0.4, -0.2) is 12.4 Å². The second-order valence-corrected chi connectivity index (χ2v) is 4.34. The van der Waals surface area contributed by atoms with Crippen LogP contribution in [-0.2, 0) is 0 Å². The molecule has 0 saturated carbocycles. The number of rotatable bonds is 4. The van der Waals surface area contributed by atoms with Gasteiger partial charge in [-0.15, -0.1) is 0 Å². The van der Waals surface area contributed by atoms with Crippen molar-refractivity contribution in [3.05, 3.63) is 65.0 Å². The molecule has 3 nitrogen and oxygen atoms in total. The van der Waals surface area contributed by atoms with E-state index in [-0.39, 0.29) is 23.7 Å². The van der Waals surface area contributed by atoms with Crippen molar-refractivity contribution < 1.29 is 13.9 Å². The molecule has 0 amide bonds. The molecule has 20 heavy (non-hydrogen) atoms. The molecule has 0 saturated heterocycles. The number of ketones is 1. The van der Waals surface area contributed by atoms with Crippen molar-refractivity contribution in [1.82, 2.24) is 0 Å². The molecule has 0 aliphatic carbocycles. The van der Waals surface area contributed by atoms with E-state index in [1.165, 1.54) is 12.1 Å². The molecule has 4 heteroatoms. The minimum atomic E-state index is -0.652. The number of hydrogen-bond acceptors (Lipinski definition) is 3. The molecule has 0 heterocycles. The van der Waals surface area contributed by atoms with E-state index in [2.05, 4.69) is 0 Å². The molecule has 0 N–H and O–H groups in total. The van der Waals surface area contributed by atoms with E-state index in [1.54, 1.807) is 18.2 Å². The van der Waals surface area contributed by atoms with Crippen LogP contribution in [0.1, 0.15) is 21.5 Å². The lowest BCUT2D eigenvalue weighted by Crippen LogP contribution is -2.12. The number of hydrogen-bond donors (Lipinski definition) is 0. The Hall–Kier alpha value is -2.67.